The van der Waals surface area contributed by atoms with Gasteiger partial charge in [-0.1, -0.05) is 44.2 Å². The molecule has 0 aromatic heterocycles. The molecule has 1 saturated heterocycles. The Morgan fingerprint density at radius 3 is 2.64 bits per heavy atom. The molecule has 2 aromatic rings. The molecule has 1 fully saturated rings. The lowest BCUT2D eigenvalue weighted by molar-refractivity contribution is -0.122. The molecule has 0 saturated carbocycles. The molecular formula is C22H24N2O2S2. The zero-order chi connectivity index (χ0) is 20.1. The van der Waals surface area contributed by atoms with Crippen molar-refractivity contribution in [2.45, 2.75) is 24.5 Å². The first-order chi connectivity index (χ1) is 13.5. The van der Waals surface area contributed by atoms with E-state index < -0.39 is 0 Å². The van der Waals surface area contributed by atoms with Gasteiger partial charge in [-0.25, -0.2) is 0 Å². The highest BCUT2D eigenvalue weighted by Crippen LogP contribution is 2.29. The molecule has 0 atom stereocenters. The highest BCUT2D eigenvalue weighted by atomic mass is 32.2. The van der Waals surface area contributed by atoms with Gasteiger partial charge in [0.1, 0.15) is 11.4 Å². The molecule has 1 aliphatic heterocycles. The zero-order valence-electron chi connectivity index (χ0n) is 16.3. The maximum absolute atomic E-state index is 12.6. The Bertz CT molecular complexity index is 895. The molecule has 1 heterocycles. The van der Waals surface area contributed by atoms with Crippen LogP contribution in [-0.2, 0) is 10.5 Å². The minimum atomic E-state index is -0.0821. The van der Waals surface area contributed by atoms with Crippen molar-refractivity contribution in [1.29, 1.82) is 0 Å². The lowest BCUT2D eigenvalue weighted by Crippen LogP contribution is -2.33. The van der Waals surface area contributed by atoms with E-state index in [-0.39, 0.29) is 5.91 Å². The first-order valence-corrected chi connectivity index (χ1v) is 10.6. The van der Waals surface area contributed by atoms with Gasteiger partial charge in [-0.15, -0.1) is 11.8 Å². The van der Waals surface area contributed by atoms with Gasteiger partial charge < -0.3 is 10.1 Å². The average Bonchev–Trinajstić information content (AvgIpc) is 2.94. The van der Waals surface area contributed by atoms with E-state index >= 15 is 0 Å². The number of methoxy groups -OCH3 is 1. The molecule has 0 bridgehead atoms. The maximum atomic E-state index is 12.6. The van der Waals surface area contributed by atoms with E-state index in [1.807, 2.05) is 42.5 Å². The fraction of sp³-hybridized carbons (Fsp3) is 0.273. The summed E-state index contributed by atoms with van der Waals surface area (Å²) in [4.78, 5) is 15.4. The van der Waals surface area contributed by atoms with Crippen LogP contribution in [0.3, 0.4) is 0 Å². The van der Waals surface area contributed by atoms with E-state index in [1.54, 1.807) is 23.8 Å². The number of amides is 1. The van der Waals surface area contributed by atoms with E-state index in [4.69, 9.17) is 17.0 Å². The van der Waals surface area contributed by atoms with Crippen LogP contribution in [0.5, 0.6) is 5.75 Å². The summed E-state index contributed by atoms with van der Waals surface area (Å²) >= 11 is 7.07. The summed E-state index contributed by atoms with van der Waals surface area (Å²) in [6.45, 7) is 4.74. The SMILES string of the molecule is COc1cc(/C=C2/NC(=S)N(CC(C)C)C2=O)ccc1CSc1ccccc1. The minimum Gasteiger partial charge on any atom is -0.496 e. The molecule has 1 amide bonds. The third-order valence-corrected chi connectivity index (χ3v) is 5.65. The largest absolute Gasteiger partial charge is 0.496 e. The van der Waals surface area contributed by atoms with Gasteiger partial charge in [0.05, 0.1) is 7.11 Å². The Hall–Kier alpha value is -2.31. The van der Waals surface area contributed by atoms with Crippen molar-refractivity contribution in [3.63, 3.8) is 0 Å². The number of carbonyl (C=O) groups is 1. The number of rotatable bonds is 7. The number of benzene rings is 2. The Labute approximate surface area is 176 Å². The molecule has 4 nitrogen and oxygen atoms in total. The van der Waals surface area contributed by atoms with E-state index in [9.17, 15) is 4.79 Å². The molecule has 28 heavy (non-hydrogen) atoms. The van der Waals surface area contributed by atoms with Crippen LogP contribution in [0, 0.1) is 5.92 Å². The van der Waals surface area contributed by atoms with Gasteiger partial charge in [0.15, 0.2) is 5.11 Å². The highest BCUT2D eigenvalue weighted by molar-refractivity contribution is 7.98. The Kier molecular flexibility index (Phi) is 6.75. The Morgan fingerprint density at radius 2 is 1.96 bits per heavy atom. The minimum absolute atomic E-state index is 0.0821. The predicted octanol–water partition coefficient (Wildman–Crippen LogP) is 4.70. The van der Waals surface area contributed by atoms with E-state index in [2.05, 4.69) is 31.3 Å². The number of nitrogens with one attached hydrogen (secondary N) is 1. The highest BCUT2D eigenvalue weighted by Gasteiger charge is 2.30. The molecule has 3 rings (SSSR count). The van der Waals surface area contributed by atoms with Crippen molar-refractivity contribution in [1.82, 2.24) is 10.2 Å². The number of hydrogen-bond acceptors (Lipinski definition) is 4. The number of thioether (sulfide) groups is 1. The van der Waals surface area contributed by atoms with Crippen molar-refractivity contribution in [2.24, 2.45) is 5.92 Å². The second-order valence-electron chi connectivity index (χ2n) is 6.97. The Morgan fingerprint density at radius 1 is 1.21 bits per heavy atom. The molecule has 1 N–H and O–H groups in total. The van der Waals surface area contributed by atoms with Gasteiger partial charge in [-0.2, -0.15) is 0 Å². The van der Waals surface area contributed by atoms with Gasteiger partial charge in [0, 0.05) is 22.8 Å². The lowest BCUT2D eigenvalue weighted by Gasteiger charge is -2.16. The Balaban J connectivity index is 1.75. The van der Waals surface area contributed by atoms with Crippen molar-refractivity contribution < 1.29 is 9.53 Å². The quantitative estimate of drug-likeness (QED) is 0.406. The van der Waals surface area contributed by atoms with Crippen molar-refractivity contribution in [3.05, 3.63) is 65.4 Å². The summed E-state index contributed by atoms with van der Waals surface area (Å²) in [5.74, 6) is 1.89. The summed E-state index contributed by atoms with van der Waals surface area (Å²) in [7, 11) is 1.67. The normalized spacial score (nSPS) is 15.4. The third kappa shape index (κ3) is 4.94. The van der Waals surface area contributed by atoms with Crippen LogP contribution in [0.25, 0.3) is 6.08 Å². The second kappa shape index (κ2) is 9.26. The molecular weight excluding hydrogens is 388 g/mol. The first-order valence-electron chi connectivity index (χ1n) is 9.17. The van der Waals surface area contributed by atoms with Crippen molar-refractivity contribution in [3.8, 4) is 5.75 Å². The van der Waals surface area contributed by atoms with E-state index in [0.29, 0.717) is 23.3 Å². The topological polar surface area (TPSA) is 41.6 Å². The number of ether oxygens (including phenoxy) is 1. The lowest BCUT2D eigenvalue weighted by atomic mass is 10.1. The maximum Gasteiger partial charge on any atom is 0.276 e. The molecule has 0 aliphatic carbocycles. The fourth-order valence-corrected chi connectivity index (χ4v) is 4.09. The fourth-order valence-electron chi connectivity index (χ4n) is 2.92. The summed E-state index contributed by atoms with van der Waals surface area (Å²) in [6.07, 6.45) is 1.82. The summed E-state index contributed by atoms with van der Waals surface area (Å²) in [5.41, 5.74) is 2.51. The van der Waals surface area contributed by atoms with Crippen LogP contribution < -0.4 is 10.1 Å². The molecule has 0 radical (unpaired) electrons. The molecule has 6 heteroatoms. The summed E-state index contributed by atoms with van der Waals surface area (Å²) in [5, 5.41) is 3.50. The van der Waals surface area contributed by atoms with Gasteiger partial charge in [-0.05, 0) is 48.0 Å². The van der Waals surface area contributed by atoms with Crippen LogP contribution in [0.1, 0.15) is 25.0 Å². The number of thiocarbonyl (C=S) groups is 1. The summed E-state index contributed by atoms with van der Waals surface area (Å²) < 4.78 is 5.58. The van der Waals surface area contributed by atoms with Crippen LogP contribution in [0.4, 0.5) is 0 Å². The van der Waals surface area contributed by atoms with Crippen LogP contribution in [-0.4, -0.2) is 29.6 Å². The smallest absolute Gasteiger partial charge is 0.276 e. The molecule has 0 spiro atoms. The number of carbonyl (C=O) groups excluding carboxylic acids is 1. The van der Waals surface area contributed by atoms with Crippen molar-refractivity contribution in [2.75, 3.05) is 13.7 Å². The van der Waals surface area contributed by atoms with Gasteiger partial charge >= 0.3 is 0 Å². The standard InChI is InChI=1S/C22H24N2O2S2/c1-15(2)13-24-21(25)19(23-22(24)27)11-16-9-10-17(20(12-16)26-3)14-28-18-7-5-4-6-8-18/h4-12,15H,13-14H2,1-3H3,(H,23,27)/b19-11+. The van der Waals surface area contributed by atoms with Crippen LogP contribution in [0.2, 0.25) is 0 Å². The number of hydrogen-bond donors (Lipinski definition) is 1. The zero-order valence-corrected chi connectivity index (χ0v) is 17.9. The molecule has 0 unspecified atom stereocenters. The summed E-state index contributed by atoms with van der Waals surface area (Å²) in [6, 6.07) is 16.3. The monoisotopic (exact) mass is 412 g/mol. The predicted molar refractivity (Wildman–Crippen MR) is 119 cm³/mol. The van der Waals surface area contributed by atoms with Gasteiger partial charge in [0.2, 0.25) is 0 Å². The van der Waals surface area contributed by atoms with E-state index in [1.165, 1.54) is 4.90 Å². The van der Waals surface area contributed by atoms with Gasteiger partial charge in [0.25, 0.3) is 5.91 Å². The third-order valence-electron chi connectivity index (χ3n) is 4.27. The molecule has 2 aromatic carbocycles. The average molecular weight is 413 g/mol. The number of nitrogens with zero attached hydrogens (tertiary/aromatic N) is 1. The molecule has 1 aliphatic rings. The second-order valence-corrected chi connectivity index (χ2v) is 8.41. The van der Waals surface area contributed by atoms with E-state index in [0.717, 1.165) is 22.6 Å². The first kappa shape index (κ1) is 20.4. The van der Waals surface area contributed by atoms with Crippen LogP contribution >= 0.6 is 24.0 Å². The van der Waals surface area contributed by atoms with Crippen molar-refractivity contribution >= 4 is 41.1 Å². The van der Waals surface area contributed by atoms with Crippen LogP contribution in [0.15, 0.2) is 59.1 Å². The van der Waals surface area contributed by atoms with Gasteiger partial charge in [-0.3, -0.25) is 9.69 Å². The molecule has 146 valence electrons.